The van der Waals surface area contributed by atoms with E-state index >= 15 is 0 Å². The van der Waals surface area contributed by atoms with E-state index in [2.05, 4.69) is 15.8 Å². The van der Waals surface area contributed by atoms with Crippen LogP contribution in [0.1, 0.15) is 30.9 Å². The summed E-state index contributed by atoms with van der Waals surface area (Å²) in [5.41, 5.74) is 5.99. The molecule has 0 aliphatic heterocycles. The number of nitrogens with zero attached hydrogens (tertiary/aromatic N) is 1. The van der Waals surface area contributed by atoms with Gasteiger partial charge in [-0.1, -0.05) is 48.5 Å². The Morgan fingerprint density at radius 1 is 1.00 bits per heavy atom. The summed E-state index contributed by atoms with van der Waals surface area (Å²) >= 11 is 0. The maximum atomic E-state index is 11.9. The van der Waals surface area contributed by atoms with Crippen molar-refractivity contribution in [2.24, 2.45) is 5.10 Å². The van der Waals surface area contributed by atoms with Crippen LogP contribution in [0.2, 0.25) is 0 Å². The summed E-state index contributed by atoms with van der Waals surface area (Å²) in [5.74, 6) is -0.493. The maximum Gasteiger partial charge on any atom is 0.240 e. The summed E-state index contributed by atoms with van der Waals surface area (Å²) in [6.45, 7) is 3.75. The number of anilines is 1. The van der Waals surface area contributed by atoms with Gasteiger partial charge >= 0.3 is 0 Å². The molecule has 0 atom stereocenters. The number of carbonyl (C=O) groups excluding carboxylic acids is 2. The Hall–Kier alpha value is -3.21. The van der Waals surface area contributed by atoms with Gasteiger partial charge in [-0.3, -0.25) is 9.59 Å². The van der Waals surface area contributed by atoms with Crippen LogP contribution in [0.4, 0.5) is 5.69 Å². The highest BCUT2D eigenvalue weighted by molar-refractivity contribution is 5.97. The van der Waals surface area contributed by atoms with Gasteiger partial charge in [0.25, 0.3) is 0 Å². The van der Waals surface area contributed by atoms with Crippen LogP contribution in [-0.2, 0) is 9.59 Å². The first-order chi connectivity index (χ1) is 12.5. The lowest BCUT2D eigenvalue weighted by Gasteiger charge is -2.05. The molecule has 5 nitrogen and oxygen atoms in total. The zero-order chi connectivity index (χ0) is 18.8. The van der Waals surface area contributed by atoms with E-state index < -0.39 is 0 Å². The second-order valence-corrected chi connectivity index (χ2v) is 5.95. The molecule has 26 heavy (non-hydrogen) atoms. The van der Waals surface area contributed by atoms with Crippen molar-refractivity contribution >= 4 is 29.3 Å². The Morgan fingerprint density at radius 2 is 1.73 bits per heavy atom. The van der Waals surface area contributed by atoms with Crippen LogP contribution in [0.25, 0.3) is 6.08 Å². The van der Waals surface area contributed by atoms with Crippen molar-refractivity contribution in [3.63, 3.8) is 0 Å². The number of aryl methyl sites for hydroxylation is 1. The Morgan fingerprint density at radius 3 is 2.46 bits per heavy atom. The van der Waals surface area contributed by atoms with Crippen molar-refractivity contribution in [1.29, 1.82) is 0 Å². The fraction of sp³-hybridized carbons (Fsp3) is 0.190. The average molecular weight is 349 g/mol. The van der Waals surface area contributed by atoms with E-state index in [1.165, 1.54) is 0 Å². The second-order valence-electron chi connectivity index (χ2n) is 5.95. The third kappa shape index (κ3) is 7.13. The zero-order valence-corrected chi connectivity index (χ0v) is 15.0. The van der Waals surface area contributed by atoms with Gasteiger partial charge < -0.3 is 5.32 Å². The second kappa shape index (κ2) is 9.93. The molecule has 5 heteroatoms. The van der Waals surface area contributed by atoms with Crippen molar-refractivity contribution in [2.45, 2.75) is 26.7 Å². The standard InChI is InChI=1S/C21H23N3O2/c1-16-7-6-10-19(15-16)22-20(25)13-14-21(26)24-23-17(2)11-12-18-8-4-3-5-9-18/h3-12,15H,13-14H2,1-2H3,(H,22,25)(H,24,26)/b12-11+,23-17-. The third-order valence-corrected chi connectivity index (χ3v) is 3.55. The Kier molecular flexibility index (Phi) is 7.31. The normalized spacial score (nSPS) is 11.4. The summed E-state index contributed by atoms with van der Waals surface area (Å²) in [6.07, 6.45) is 3.92. The van der Waals surface area contributed by atoms with Gasteiger partial charge in [-0.2, -0.15) is 5.10 Å². The smallest absolute Gasteiger partial charge is 0.240 e. The summed E-state index contributed by atoms with van der Waals surface area (Å²) in [6, 6.07) is 17.3. The van der Waals surface area contributed by atoms with Crippen LogP contribution in [-0.4, -0.2) is 17.5 Å². The van der Waals surface area contributed by atoms with Gasteiger partial charge in [-0.15, -0.1) is 0 Å². The zero-order valence-electron chi connectivity index (χ0n) is 15.0. The third-order valence-electron chi connectivity index (χ3n) is 3.55. The Labute approximate surface area is 153 Å². The molecule has 2 amide bonds. The molecule has 0 fully saturated rings. The van der Waals surface area contributed by atoms with E-state index in [1.54, 1.807) is 6.92 Å². The molecule has 0 aliphatic carbocycles. The van der Waals surface area contributed by atoms with E-state index in [-0.39, 0.29) is 24.7 Å². The van der Waals surface area contributed by atoms with E-state index in [1.807, 2.05) is 73.7 Å². The molecule has 134 valence electrons. The van der Waals surface area contributed by atoms with Crippen molar-refractivity contribution in [3.05, 3.63) is 71.8 Å². The first-order valence-corrected chi connectivity index (χ1v) is 8.46. The van der Waals surface area contributed by atoms with E-state index in [0.717, 1.165) is 16.8 Å². The monoisotopic (exact) mass is 349 g/mol. The lowest BCUT2D eigenvalue weighted by atomic mass is 10.2. The topological polar surface area (TPSA) is 70.6 Å². The molecular formula is C21H23N3O2. The minimum atomic E-state index is -0.295. The molecule has 0 heterocycles. The first kappa shape index (κ1) is 19.1. The number of hydrazone groups is 1. The van der Waals surface area contributed by atoms with Crippen molar-refractivity contribution in [1.82, 2.24) is 5.43 Å². The van der Waals surface area contributed by atoms with Crippen LogP contribution >= 0.6 is 0 Å². The summed E-state index contributed by atoms with van der Waals surface area (Å²) in [7, 11) is 0. The van der Waals surface area contributed by atoms with Crippen molar-refractivity contribution < 1.29 is 9.59 Å². The fourth-order valence-corrected chi connectivity index (χ4v) is 2.20. The minimum Gasteiger partial charge on any atom is -0.326 e. The Balaban J connectivity index is 1.74. The molecule has 0 saturated heterocycles. The minimum absolute atomic E-state index is 0.0802. The van der Waals surface area contributed by atoms with Gasteiger partial charge in [-0.25, -0.2) is 5.43 Å². The first-order valence-electron chi connectivity index (χ1n) is 8.46. The highest BCUT2D eigenvalue weighted by Crippen LogP contribution is 2.10. The molecule has 0 aliphatic rings. The van der Waals surface area contributed by atoms with E-state index in [9.17, 15) is 9.59 Å². The van der Waals surface area contributed by atoms with Crippen LogP contribution in [0.15, 0.2) is 65.8 Å². The summed E-state index contributed by atoms with van der Waals surface area (Å²) < 4.78 is 0. The quantitative estimate of drug-likeness (QED) is 0.587. The lowest BCUT2D eigenvalue weighted by Crippen LogP contribution is -2.21. The molecule has 0 radical (unpaired) electrons. The van der Waals surface area contributed by atoms with Crippen LogP contribution < -0.4 is 10.7 Å². The van der Waals surface area contributed by atoms with Gasteiger partial charge in [0, 0.05) is 18.5 Å². The summed E-state index contributed by atoms with van der Waals surface area (Å²) in [4.78, 5) is 23.7. The number of nitrogens with one attached hydrogen (secondary N) is 2. The average Bonchev–Trinajstić information content (AvgIpc) is 2.64. The number of carbonyl (C=O) groups is 2. The van der Waals surface area contributed by atoms with Gasteiger partial charge in [0.15, 0.2) is 0 Å². The number of amides is 2. The van der Waals surface area contributed by atoms with E-state index in [4.69, 9.17) is 0 Å². The number of benzene rings is 2. The molecule has 2 aromatic rings. The van der Waals surface area contributed by atoms with Crippen molar-refractivity contribution in [2.75, 3.05) is 5.32 Å². The lowest BCUT2D eigenvalue weighted by molar-refractivity contribution is -0.124. The van der Waals surface area contributed by atoms with E-state index in [0.29, 0.717) is 5.71 Å². The number of hydrogen-bond acceptors (Lipinski definition) is 3. The molecule has 0 bridgehead atoms. The molecule has 0 unspecified atom stereocenters. The van der Waals surface area contributed by atoms with Crippen LogP contribution in [0.3, 0.4) is 0 Å². The van der Waals surface area contributed by atoms with Gasteiger partial charge in [-0.05, 0) is 43.2 Å². The molecule has 0 saturated carbocycles. The molecule has 0 spiro atoms. The SMILES string of the molecule is CC(/C=C/c1ccccc1)=N/NC(=O)CCC(=O)Nc1cccc(C)c1. The van der Waals surface area contributed by atoms with Crippen molar-refractivity contribution in [3.8, 4) is 0 Å². The fourth-order valence-electron chi connectivity index (χ4n) is 2.20. The maximum absolute atomic E-state index is 11.9. The number of rotatable bonds is 7. The number of allylic oxidation sites excluding steroid dienone is 1. The molecule has 2 aromatic carbocycles. The predicted octanol–water partition coefficient (Wildman–Crippen LogP) is 3.92. The summed E-state index contributed by atoms with van der Waals surface area (Å²) in [5, 5.41) is 6.79. The van der Waals surface area contributed by atoms with Gasteiger partial charge in [0.05, 0.1) is 5.71 Å². The molecule has 2 rings (SSSR count). The molecule has 2 N–H and O–H groups in total. The molecule has 0 aromatic heterocycles. The van der Waals surface area contributed by atoms with Gasteiger partial charge in [0.1, 0.15) is 0 Å². The number of hydrogen-bond donors (Lipinski definition) is 2. The van der Waals surface area contributed by atoms with Crippen LogP contribution in [0.5, 0.6) is 0 Å². The van der Waals surface area contributed by atoms with Gasteiger partial charge in [0.2, 0.25) is 11.8 Å². The predicted molar refractivity (Wildman–Crippen MR) is 106 cm³/mol. The highest BCUT2D eigenvalue weighted by Gasteiger charge is 2.07. The largest absolute Gasteiger partial charge is 0.326 e. The Bertz CT molecular complexity index is 811. The highest BCUT2D eigenvalue weighted by atomic mass is 16.2. The molecular weight excluding hydrogens is 326 g/mol. The van der Waals surface area contributed by atoms with Crippen LogP contribution in [0, 0.1) is 6.92 Å².